The molecule has 2 aromatic carbocycles. The molecule has 0 fully saturated rings. The minimum absolute atomic E-state index is 0.392. The Balaban J connectivity index is 1.83. The van der Waals surface area contributed by atoms with E-state index >= 15 is 0 Å². The molecule has 108 valence electrons. The van der Waals surface area contributed by atoms with Gasteiger partial charge in [0.2, 0.25) is 0 Å². The third kappa shape index (κ3) is 2.33. The third-order valence-electron chi connectivity index (χ3n) is 4.51. The molecule has 0 aliphatic carbocycles. The first-order valence-corrected chi connectivity index (χ1v) is 7.81. The molecule has 2 heterocycles. The first-order chi connectivity index (χ1) is 10.2. The largest absolute Gasteiger partial charge is 0.493 e. The normalized spacial score (nSPS) is 20.8. The Labute approximate surface area is 130 Å². The van der Waals surface area contributed by atoms with Crippen LogP contribution >= 0.6 is 11.6 Å². The van der Waals surface area contributed by atoms with Gasteiger partial charge in [-0.25, -0.2) is 0 Å². The number of hydrogen-bond acceptors (Lipinski definition) is 2. The summed E-state index contributed by atoms with van der Waals surface area (Å²) in [5.41, 5.74) is 5.48. The Hall–Kier alpha value is -1.51. The van der Waals surface area contributed by atoms with Gasteiger partial charge in [0.05, 0.1) is 6.61 Å². The summed E-state index contributed by atoms with van der Waals surface area (Å²) in [5, 5.41) is 0.812. The van der Waals surface area contributed by atoms with E-state index in [1.807, 2.05) is 12.1 Å². The maximum Gasteiger partial charge on any atom is 0.122 e. The highest BCUT2D eigenvalue weighted by Crippen LogP contribution is 2.38. The molecule has 0 saturated heterocycles. The predicted molar refractivity (Wildman–Crippen MR) is 85.3 cm³/mol. The fourth-order valence-corrected chi connectivity index (χ4v) is 3.72. The Morgan fingerprint density at radius 3 is 2.95 bits per heavy atom. The van der Waals surface area contributed by atoms with Crippen molar-refractivity contribution in [2.45, 2.75) is 18.9 Å². The molecule has 0 radical (unpaired) electrons. The quantitative estimate of drug-likeness (QED) is 0.793. The maximum atomic E-state index is 6.19. The number of hydrogen-bond donors (Lipinski definition) is 0. The zero-order chi connectivity index (χ0) is 14.4. The zero-order valence-corrected chi connectivity index (χ0v) is 12.9. The van der Waals surface area contributed by atoms with E-state index in [0.717, 1.165) is 36.9 Å². The lowest BCUT2D eigenvalue weighted by molar-refractivity contribution is 0.294. The fourth-order valence-electron chi connectivity index (χ4n) is 3.52. The average Bonchev–Trinajstić information content (AvgIpc) is 2.91. The van der Waals surface area contributed by atoms with Crippen LogP contribution in [0.2, 0.25) is 5.02 Å². The van der Waals surface area contributed by atoms with Crippen LogP contribution in [0.25, 0.3) is 0 Å². The minimum Gasteiger partial charge on any atom is -0.493 e. The lowest BCUT2D eigenvalue weighted by Gasteiger charge is -2.33. The molecule has 1 atom stereocenters. The van der Waals surface area contributed by atoms with Crippen molar-refractivity contribution in [1.82, 2.24) is 4.90 Å². The van der Waals surface area contributed by atoms with Gasteiger partial charge < -0.3 is 9.64 Å². The molecule has 0 bridgehead atoms. The molecule has 0 aromatic heterocycles. The van der Waals surface area contributed by atoms with Crippen molar-refractivity contribution < 1.29 is 4.74 Å². The first-order valence-electron chi connectivity index (χ1n) is 7.43. The topological polar surface area (TPSA) is 12.5 Å². The third-order valence-corrected chi connectivity index (χ3v) is 4.75. The van der Waals surface area contributed by atoms with Gasteiger partial charge in [-0.15, -0.1) is 0 Å². The van der Waals surface area contributed by atoms with Crippen molar-refractivity contribution in [3.63, 3.8) is 0 Å². The van der Waals surface area contributed by atoms with Gasteiger partial charge in [0.1, 0.15) is 5.75 Å². The molecule has 2 nitrogen and oxygen atoms in total. The number of likely N-dealkylation sites (N-methyl/N-ethyl adjacent to an activating group) is 1. The molecular formula is C18H18ClNO. The number of fused-ring (bicyclic) bond motifs is 2. The maximum absolute atomic E-state index is 6.19. The van der Waals surface area contributed by atoms with Crippen molar-refractivity contribution in [3.8, 4) is 5.75 Å². The molecular weight excluding hydrogens is 282 g/mol. The van der Waals surface area contributed by atoms with E-state index in [4.69, 9.17) is 16.3 Å². The van der Waals surface area contributed by atoms with Crippen LogP contribution < -0.4 is 4.74 Å². The standard InChI is InChI=1S/C18H18ClNO/c1-20-10-14-9-18-13(5-6-21-18)8-16(14)17(11-20)12-3-2-4-15(19)7-12/h2-4,7-9,17H,5-6,10-11H2,1H3. The molecule has 0 saturated carbocycles. The summed E-state index contributed by atoms with van der Waals surface area (Å²) in [5.74, 6) is 1.47. The highest BCUT2D eigenvalue weighted by atomic mass is 35.5. The average molecular weight is 300 g/mol. The highest BCUT2D eigenvalue weighted by molar-refractivity contribution is 6.30. The molecule has 3 heteroatoms. The van der Waals surface area contributed by atoms with E-state index < -0.39 is 0 Å². The molecule has 21 heavy (non-hydrogen) atoms. The van der Waals surface area contributed by atoms with Gasteiger partial charge in [-0.1, -0.05) is 29.8 Å². The SMILES string of the molecule is CN1Cc2cc3c(cc2C(c2cccc(Cl)c2)C1)CCO3. The zero-order valence-electron chi connectivity index (χ0n) is 12.1. The summed E-state index contributed by atoms with van der Waals surface area (Å²) in [6, 6.07) is 12.9. The molecule has 0 N–H and O–H groups in total. The Bertz CT molecular complexity index is 698. The molecule has 1 unspecified atom stereocenters. The summed E-state index contributed by atoms with van der Waals surface area (Å²) in [7, 11) is 2.18. The summed E-state index contributed by atoms with van der Waals surface area (Å²) in [6.45, 7) is 2.84. The summed E-state index contributed by atoms with van der Waals surface area (Å²) in [6.07, 6.45) is 1.03. The number of rotatable bonds is 1. The van der Waals surface area contributed by atoms with Crippen LogP contribution in [-0.2, 0) is 13.0 Å². The number of ether oxygens (including phenoxy) is 1. The fraction of sp³-hybridized carbons (Fsp3) is 0.333. The van der Waals surface area contributed by atoms with E-state index in [2.05, 4.69) is 36.2 Å². The predicted octanol–water partition coefficient (Wildman–Crippen LogP) is 3.85. The molecule has 4 rings (SSSR count). The van der Waals surface area contributed by atoms with Gasteiger partial charge in [0.25, 0.3) is 0 Å². The van der Waals surface area contributed by atoms with E-state index in [9.17, 15) is 0 Å². The van der Waals surface area contributed by atoms with Gasteiger partial charge >= 0.3 is 0 Å². The van der Waals surface area contributed by atoms with E-state index in [0.29, 0.717) is 5.92 Å². The monoisotopic (exact) mass is 299 g/mol. The van der Waals surface area contributed by atoms with Crippen LogP contribution in [-0.4, -0.2) is 25.1 Å². The molecule has 2 aliphatic rings. The van der Waals surface area contributed by atoms with Crippen molar-refractivity contribution in [3.05, 3.63) is 63.7 Å². The van der Waals surface area contributed by atoms with Gasteiger partial charge in [-0.3, -0.25) is 0 Å². The second kappa shape index (κ2) is 5.04. The Morgan fingerprint density at radius 1 is 1.19 bits per heavy atom. The minimum atomic E-state index is 0.392. The lowest BCUT2D eigenvalue weighted by Crippen LogP contribution is -2.31. The number of nitrogens with zero attached hydrogens (tertiary/aromatic N) is 1. The Morgan fingerprint density at radius 2 is 2.10 bits per heavy atom. The van der Waals surface area contributed by atoms with E-state index in [-0.39, 0.29) is 0 Å². The van der Waals surface area contributed by atoms with Gasteiger partial charge in [0.15, 0.2) is 0 Å². The molecule has 0 amide bonds. The van der Waals surface area contributed by atoms with Crippen LogP contribution in [0.5, 0.6) is 5.75 Å². The number of halogens is 1. The van der Waals surface area contributed by atoms with Crippen LogP contribution in [0, 0.1) is 0 Å². The van der Waals surface area contributed by atoms with Gasteiger partial charge in [-0.05, 0) is 47.5 Å². The van der Waals surface area contributed by atoms with Crippen molar-refractivity contribution in [2.75, 3.05) is 20.2 Å². The van der Waals surface area contributed by atoms with Crippen molar-refractivity contribution in [1.29, 1.82) is 0 Å². The van der Waals surface area contributed by atoms with Crippen molar-refractivity contribution >= 4 is 11.6 Å². The van der Waals surface area contributed by atoms with Crippen LogP contribution in [0.4, 0.5) is 0 Å². The molecule has 0 spiro atoms. The van der Waals surface area contributed by atoms with E-state index in [1.54, 1.807) is 0 Å². The second-order valence-electron chi connectivity index (χ2n) is 6.06. The van der Waals surface area contributed by atoms with Crippen LogP contribution in [0.3, 0.4) is 0 Å². The Kier molecular flexibility index (Phi) is 3.16. The van der Waals surface area contributed by atoms with Gasteiger partial charge in [0, 0.05) is 30.5 Å². The van der Waals surface area contributed by atoms with Crippen molar-refractivity contribution in [2.24, 2.45) is 0 Å². The second-order valence-corrected chi connectivity index (χ2v) is 6.50. The smallest absolute Gasteiger partial charge is 0.122 e. The summed E-state index contributed by atoms with van der Waals surface area (Å²) < 4.78 is 5.72. The van der Waals surface area contributed by atoms with E-state index in [1.165, 1.54) is 22.3 Å². The molecule has 2 aliphatic heterocycles. The molecule has 2 aromatic rings. The summed E-state index contributed by atoms with van der Waals surface area (Å²) >= 11 is 6.19. The van der Waals surface area contributed by atoms with Crippen LogP contribution in [0.1, 0.15) is 28.2 Å². The first kappa shape index (κ1) is 13.2. The van der Waals surface area contributed by atoms with Crippen LogP contribution in [0.15, 0.2) is 36.4 Å². The lowest BCUT2D eigenvalue weighted by atomic mass is 9.83. The number of benzene rings is 2. The summed E-state index contributed by atoms with van der Waals surface area (Å²) in [4.78, 5) is 2.37. The highest BCUT2D eigenvalue weighted by Gasteiger charge is 2.27. The van der Waals surface area contributed by atoms with Gasteiger partial charge in [-0.2, -0.15) is 0 Å².